The molecule has 96 valence electrons. The predicted octanol–water partition coefficient (Wildman–Crippen LogP) is 0.806. The maximum atomic E-state index is 10.8. The minimum atomic E-state index is -0.715. The minimum Gasteiger partial charge on any atom is -0.389 e. The molecule has 0 bridgehead atoms. The molecular weight excluding hydrogens is 226 g/mol. The summed E-state index contributed by atoms with van der Waals surface area (Å²) in [4.78, 5) is 10.3. The number of aryl methyl sites for hydroxylation is 1. The van der Waals surface area contributed by atoms with E-state index in [2.05, 4.69) is 5.10 Å². The molecule has 0 spiro atoms. The molecule has 1 aromatic heterocycles. The van der Waals surface area contributed by atoms with Crippen molar-refractivity contribution in [3.05, 3.63) is 21.5 Å². The molecule has 7 nitrogen and oxygen atoms in total. The molecule has 17 heavy (non-hydrogen) atoms. The number of ether oxygens (including phenoxy) is 1. The summed E-state index contributed by atoms with van der Waals surface area (Å²) in [6.45, 7) is 5.94. The van der Waals surface area contributed by atoms with E-state index in [1.54, 1.807) is 13.8 Å². The highest BCUT2D eigenvalue weighted by molar-refractivity contribution is 5.39. The molecule has 0 saturated heterocycles. The summed E-state index contributed by atoms with van der Waals surface area (Å²) < 4.78 is 6.51. The van der Waals surface area contributed by atoms with Crippen LogP contribution in [0.5, 0.6) is 0 Å². The lowest BCUT2D eigenvalue weighted by Gasteiger charge is -2.11. The standard InChI is InChI=1S/C10H17N3O4/c1-4-17-6-9(14)5-12-8(3)10(13(15)16)7(2)11-12/h9,14H,4-6H2,1-3H3. The van der Waals surface area contributed by atoms with Gasteiger partial charge in [-0.3, -0.25) is 14.8 Å². The van der Waals surface area contributed by atoms with E-state index in [0.717, 1.165) is 0 Å². The Morgan fingerprint density at radius 3 is 2.71 bits per heavy atom. The van der Waals surface area contributed by atoms with Gasteiger partial charge in [-0.05, 0) is 20.8 Å². The van der Waals surface area contributed by atoms with Crippen molar-refractivity contribution in [1.29, 1.82) is 0 Å². The lowest BCUT2D eigenvalue weighted by Crippen LogP contribution is -2.23. The van der Waals surface area contributed by atoms with Crippen LogP contribution in [0.4, 0.5) is 5.69 Å². The second-order valence-corrected chi connectivity index (χ2v) is 3.77. The summed E-state index contributed by atoms with van der Waals surface area (Å²) in [6.07, 6.45) is -0.715. The van der Waals surface area contributed by atoms with Crippen molar-refractivity contribution in [2.24, 2.45) is 0 Å². The van der Waals surface area contributed by atoms with Crippen molar-refractivity contribution in [1.82, 2.24) is 9.78 Å². The van der Waals surface area contributed by atoms with Crippen molar-refractivity contribution in [2.75, 3.05) is 13.2 Å². The van der Waals surface area contributed by atoms with Crippen molar-refractivity contribution < 1.29 is 14.8 Å². The second kappa shape index (κ2) is 5.74. The zero-order valence-electron chi connectivity index (χ0n) is 10.2. The van der Waals surface area contributed by atoms with Crippen molar-refractivity contribution in [2.45, 2.75) is 33.4 Å². The summed E-state index contributed by atoms with van der Waals surface area (Å²) in [6, 6.07) is 0. The Kier molecular flexibility index (Phi) is 4.59. The first-order valence-corrected chi connectivity index (χ1v) is 5.41. The molecule has 0 aromatic carbocycles. The Morgan fingerprint density at radius 1 is 1.59 bits per heavy atom. The van der Waals surface area contributed by atoms with Gasteiger partial charge in [0.2, 0.25) is 0 Å². The summed E-state index contributed by atoms with van der Waals surface area (Å²) in [7, 11) is 0. The Labute approximate surface area is 99.2 Å². The molecule has 0 aliphatic carbocycles. The second-order valence-electron chi connectivity index (χ2n) is 3.77. The normalized spacial score (nSPS) is 12.7. The zero-order chi connectivity index (χ0) is 13.0. The fraction of sp³-hybridized carbons (Fsp3) is 0.700. The van der Waals surface area contributed by atoms with Crippen LogP contribution in [0.1, 0.15) is 18.3 Å². The van der Waals surface area contributed by atoms with Crippen LogP contribution in [-0.2, 0) is 11.3 Å². The van der Waals surface area contributed by atoms with E-state index in [1.807, 2.05) is 6.92 Å². The van der Waals surface area contributed by atoms with Crippen molar-refractivity contribution >= 4 is 5.69 Å². The van der Waals surface area contributed by atoms with E-state index in [0.29, 0.717) is 18.0 Å². The molecule has 1 N–H and O–H groups in total. The molecule has 0 fully saturated rings. The quantitative estimate of drug-likeness (QED) is 0.589. The topological polar surface area (TPSA) is 90.4 Å². The van der Waals surface area contributed by atoms with Crippen LogP contribution in [0.2, 0.25) is 0 Å². The summed E-state index contributed by atoms with van der Waals surface area (Å²) >= 11 is 0. The molecule has 0 saturated carbocycles. The van der Waals surface area contributed by atoms with E-state index in [9.17, 15) is 15.2 Å². The fourth-order valence-corrected chi connectivity index (χ4v) is 1.64. The summed E-state index contributed by atoms with van der Waals surface area (Å²) in [5, 5.41) is 24.5. The minimum absolute atomic E-state index is 0.00797. The van der Waals surface area contributed by atoms with Gasteiger partial charge in [0, 0.05) is 6.61 Å². The maximum absolute atomic E-state index is 10.8. The molecule has 1 unspecified atom stereocenters. The number of hydrogen-bond donors (Lipinski definition) is 1. The first-order chi connectivity index (χ1) is 7.97. The highest BCUT2D eigenvalue weighted by atomic mass is 16.6. The zero-order valence-corrected chi connectivity index (χ0v) is 10.2. The smallest absolute Gasteiger partial charge is 0.312 e. The van der Waals surface area contributed by atoms with Gasteiger partial charge in [-0.1, -0.05) is 0 Å². The Hall–Kier alpha value is -1.47. The van der Waals surface area contributed by atoms with Crippen LogP contribution in [0.15, 0.2) is 0 Å². The third kappa shape index (κ3) is 3.24. The number of nitro groups is 1. The van der Waals surface area contributed by atoms with Crippen molar-refractivity contribution in [3.8, 4) is 0 Å². The summed E-state index contributed by atoms with van der Waals surface area (Å²) in [5.41, 5.74) is 0.813. The van der Waals surface area contributed by atoms with Crippen LogP contribution in [-0.4, -0.2) is 39.1 Å². The number of aromatic nitrogens is 2. The van der Waals surface area contributed by atoms with Gasteiger partial charge in [-0.25, -0.2) is 0 Å². The Morgan fingerprint density at radius 2 is 2.24 bits per heavy atom. The number of aliphatic hydroxyl groups is 1. The van der Waals surface area contributed by atoms with E-state index in [1.165, 1.54) is 4.68 Å². The Bertz CT molecular complexity index is 403. The maximum Gasteiger partial charge on any atom is 0.312 e. The third-order valence-corrected chi connectivity index (χ3v) is 2.42. The lowest BCUT2D eigenvalue weighted by molar-refractivity contribution is -0.386. The van der Waals surface area contributed by atoms with Crippen molar-refractivity contribution in [3.63, 3.8) is 0 Å². The van der Waals surface area contributed by atoms with Gasteiger partial charge >= 0.3 is 5.69 Å². The van der Waals surface area contributed by atoms with E-state index in [4.69, 9.17) is 4.74 Å². The fourth-order valence-electron chi connectivity index (χ4n) is 1.64. The highest BCUT2D eigenvalue weighted by Gasteiger charge is 2.22. The van der Waals surface area contributed by atoms with Crippen LogP contribution in [0.25, 0.3) is 0 Å². The van der Waals surface area contributed by atoms with E-state index >= 15 is 0 Å². The van der Waals surface area contributed by atoms with E-state index in [-0.39, 0.29) is 18.8 Å². The van der Waals surface area contributed by atoms with Gasteiger partial charge in [-0.2, -0.15) is 5.10 Å². The molecule has 1 aromatic rings. The molecule has 0 amide bonds. The van der Waals surface area contributed by atoms with Gasteiger partial charge in [-0.15, -0.1) is 0 Å². The van der Waals surface area contributed by atoms with E-state index < -0.39 is 11.0 Å². The largest absolute Gasteiger partial charge is 0.389 e. The SMILES string of the molecule is CCOCC(O)Cn1nc(C)c([N+](=O)[O-])c1C. The highest BCUT2D eigenvalue weighted by Crippen LogP contribution is 2.21. The van der Waals surface area contributed by atoms with Crippen LogP contribution < -0.4 is 0 Å². The number of hydrogen-bond acceptors (Lipinski definition) is 5. The molecule has 1 heterocycles. The molecular formula is C10H17N3O4. The average Bonchev–Trinajstić information content (AvgIpc) is 2.51. The van der Waals surface area contributed by atoms with Gasteiger partial charge in [0.15, 0.2) is 0 Å². The average molecular weight is 243 g/mol. The molecule has 0 radical (unpaired) electrons. The number of rotatable bonds is 6. The molecule has 0 aliphatic heterocycles. The van der Waals surface area contributed by atoms with Crippen LogP contribution >= 0.6 is 0 Å². The van der Waals surface area contributed by atoms with Gasteiger partial charge in [0.1, 0.15) is 11.4 Å². The first-order valence-electron chi connectivity index (χ1n) is 5.41. The molecule has 1 rings (SSSR count). The molecule has 1 atom stereocenters. The van der Waals surface area contributed by atoms with Gasteiger partial charge in [0.05, 0.1) is 24.2 Å². The van der Waals surface area contributed by atoms with Crippen LogP contribution in [0.3, 0.4) is 0 Å². The third-order valence-electron chi connectivity index (χ3n) is 2.42. The van der Waals surface area contributed by atoms with Gasteiger partial charge < -0.3 is 9.84 Å². The molecule has 0 aliphatic rings. The molecule has 7 heteroatoms. The predicted molar refractivity (Wildman–Crippen MR) is 60.9 cm³/mol. The van der Waals surface area contributed by atoms with Gasteiger partial charge in [0.25, 0.3) is 0 Å². The first kappa shape index (κ1) is 13.6. The number of aliphatic hydroxyl groups excluding tert-OH is 1. The number of nitrogens with zero attached hydrogens (tertiary/aromatic N) is 3. The summed E-state index contributed by atoms with van der Waals surface area (Å²) in [5.74, 6) is 0. The van der Waals surface area contributed by atoms with Crippen LogP contribution in [0, 0.1) is 24.0 Å². The monoisotopic (exact) mass is 243 g/mol. The lowest BCUT2D eigenvalue weighted by atomic mass is 10.3. The Balaban J connectivity index is 2.79.